The number of hydrogen-bond donors (Lipinski definition) is 5. The van der Waals surface area contributed by atoms with Crippen LogP contribution in [0, 0.1) is 13.8 Å². The van der Waals surface area contributed by atoms with E-state index in [9.17, 15) is 36.2 Å². The predicted octanol–water partition coefficient (Wildman–Crippen LogP) is 9.10. The van der Waals surface area contributed by atoms with E-state index >= 15 is 0 Å². The second kappa shape index (κ2) is 13.4. The molecule has 0 atom stereocenters. The molecular formula is C35H29N5O9S2. The van der Waals surface area contributed by atoms with Gasteiger partial charge in [-0.25, -0.2) is 0 Å². The molecule has 0 amide bonds. The largest absolute Gasteiger partial charge is 0.505 e. The summed E-state index contributed by atoms with van der Waals surface area (Å²) in [5.41, 5.74) is 2.37. The number of aromatic hydroxyl groups is 2. The van der Waals surface area contributed by atoms with Gasteiger partial charge in [-0.1, -0.05) is 29.8 Å². The highest BCUT2D eigenvalue weighted by Gasteiger charge is 2.24. The molecule has 0 radical (unpaired) electrons. The summed E-state index contributed by atoms with van der Waals surface area (Å²) in [5.74, 6) is -0.713. The number of nitrogens with one attached hydrogen (secondary N) is 1. The van der Waals surface area contributed by atoms with Crippen molar-refractivity contribution in [3.05, 3.63) is 102 Å². The number of azo groups is 2. The maximum Gasteiger partial charge on any atom is 0.296 e. The third-order valence-electron chi connectivity index (χ3n) is 7.90. The van der Waals surface area contributed by atoms with Gasteiger partial charge in [-0.2, -0.15) is 21.9 Å². The first-order valence-electron chi connectivity index (χ1n) is 15.0. The van der Waals surface area contributed by atoms with Crippen LogP contribution in [0.3, 0.4) is 0 Å². The van der Waals surface area contributed by atoms with Crippen LogP contribution in [-0.2, 0) is 20.2 Å². The van der Waals surface area contributed by atoms with Crippen LogP contribution in [0.5, 0.6) is 17.2 Å². The van der Waals surface area contributed by atoms with Crippen molar-refractivity contribution in [3.63, 3.8) is 0 Å². The number of anilines is 2. The van der Waals surface area contributed by atoms with Crippen LogP contribution in [0.25, 0.3) is 21.5 Å². The van der Waals surface area contributed by atoms with Gasteiger partial charge in [-0.3, -0.25) is 9.11 Å². The summed E-state index contributed by atoms with van der Waals surface area (Å²) in [7, 11) is -8.32. The molecule has 0 saturated carbocycles. The summed E-state index contributed by atoms with van der Waals surface area (Å²) >= 11 is 0. The minimum absolute atomic E-state index is 0.200. The Kier molecular flexibility index (Phi) is 9.18. The zero-order valence-corrected chi connectivity index (χ0v) is 28.7. The Hall–Kier alpha value is -5.94. The molecule has 0 bridgehead atoms. The first-order chi connectivity index (χ1) is 24.1. The maximum atomic E-state index is 12.4. The van der Waals surface area contributed by atoms with Gasteiger partial charge in [0.05, 0.1) is 12.8 Å². The highest BCUT2D eigenvalue weighted by molar-refractivity contribution is 7.86. The molecule has 0 spiro atoms. The fraction of sp³-hybridized carbons (Fsp3) is 0.0857. The van der Waals surface area contributed by atoms with Crippen LogP contribution >= 0.6 is 0 Å². The topological polar surface area (TPSA) is 220 Å². The molecule has 0 saturated heterocycles. The van der Waals surface area contributed by atoms with Gasteiger partial charge in [0.15, 0.2) is 11.5 Å². The summed E-state index contributed by atoms with van der Waals surface area (Å²) in [4.78, 5) is -1.34. The molecule has 6 rings (SSSR count). The van der Waals surface area contributed by atoms with Crippen molar-refractivity contribution in [2.24, 2.45) is 20.5 Å². The summed E-state index contributed by atoms with van der Waals surface area (Å²) in [6.07, 6.45) is 0. The smallest absolute Gasteiger partial charge is 0.296 e. The van der Waals surface area contributed by atoms with Gasteiger partial charge in [-0.15, -0.1) is 15.3 Å². The Balaban J connectivity index is 1.38. The second-order valence-electron chi connectivity index (χ2n) is 11.5. The molecule has 0 heterocycles. The van der Waals surface area contributed by atoms with E-state index in [1.165, 1.54) is 31.4 Å². The minimum Gasteiger partial charge on any atom is -0.505 e. The molecule has 51 heavy (non-hydrogen) atoms. The first-order valence-corrected chi connectivity index (χ1v) is 17.9. The molecule has 0 unspecified atom stereocenters. The Bertz CT molecular complexity index is 2660. The Labute approximate surface area is 291 Å². The molecule has 0 fully saturated rings. The fourth-order valence-corrected chi connectivity index (χ4v) is 6.77. The normalized spacial score (nSPS) is 12.3. The average molecular weight is 728 g/mol. The Morgan fingerprint density at radius 3 is 1.61 bits per heavy atom. The standard InChI is InChI=1S/C35H29N5O9S2/c1-19-8-13-27(20(2)14-19)37-39-32-30(50(43,44)45)17-21-15-23(9-11-25(21)34(32)41)36-24-10-12-26-22(16-24)18-31(51(46,47)48)33(35(26)42)40-38-28-6-4-5-7-29(28)49-3/h4-18,36,41-42H,1-3H3,(H,43,44,45)(H,46,47,48). The average Bonchev–Trinajstić information content (AvgIpc) is 3.07. The number of nitrogens with zero attached hydrogens (tertiary/aromatic N) is 4. The summed E-state index contributed by atoms with van der Waals surface area (Å²) in [6.45, 7) is 3.71. The molecule has 14 nitrogen and oxygen atoms in total. The van der Waals surface area contributed by atoms with Crippen LogP contribution in [0.2, 0.25) is 0 Å². The van der Waals surface area contributed by atoms with Crippen molar-refractivity contribution in [2.75, 3.05) is 12.4 Å². The van der Waals surface area contributed by atoms with Crippen LogP contribution in [0.1, 0.15) is 11.1 Å². The van der Waals surface area contributed by atoms with Gasteiger partial charge in [0.1, 0.15) is 32.6 Å². The molecule has 0 aliphatic carbocycles. The van der Waals surface area contributed by atoms with E-state index in [2.05, 4.69) is 25.8 Å². The highest BCUT2D eigenvalue weighted by atomic mass is 32.2. The van der Waals surface area contributed by atoms with Crippen molar-refractivity contribution < 1.29 is 40.9 Å². The van der Waals surface area contributed by atoms with Crippen molar-refractivity contribution in [3.8, 4) is 17.2 Å². The second-order valence-corrected chi connectivity index (χ2v) is 14.2. The molecule has 0 aliphatic rings. The fourth-order valence-electron chi connectivity index (χ4n) is 5.45. The monoisotopic (exact) mass is 727 g/mol. The molecule has 5 N–H and O–H groups in total. The number of para-hydroxylation sites is 1. The van der Waals surface area contributed by atoms with E-state index in [1.807, 2.05) is 13.0 Å². The van der Waals surface area contributed by atoms with Crippen molar-refractivity contribution in [1.82, 2.24) is 0 Å². The third-order valence-corrected chi connectivity index (χ3v) is 9.63. The van der Waals surface area contributed by atoms with Gasteiger partial charge < -0.3 is 20.3 Å². The lowest BCUT2D eigenvalue weighted by molar-refractivity contribution is 0.416. The molecule has 0 aliphatic heterocycles. The number of benzene rings is 6. The summed E-state index contributed by atoms with van der Waals surface area (Å²) in [5, 5.41) is 42.2. The van der Waals surface area contributed by atoms with Crippen molar-refractivity contribution in [2.45, 2.75) is 23.6 Å². The van der Waals surface area contributed by atoms with E-state index in [0.29, 0.717) is 22.8 Å². The molecular weight excluding hydrogens is 699 g/mol. The van der Waals surface area contributed by atoms with Crippen molar-refractivity contribution >= 4 is 75.9 Å². The van der Waals surface area contributed by atoms with Gasteiger partial charge >= 0.3 is 0 Å². The number of rotatable bonds is 9. The lowest BCUT2D eigenvalue weighted by atomic mass is 10.1. The SMILES string of the molecule is COc1ccccc1N=Nc1c(S(=O)(=O)O)cc2cc(Nc3ccc4c(O)c(N=Nc5ccc(C)cc5C)c(S(=O)(=O)O)cc4c3)ccc2c1O. The number of aryl methyl sites for hydroxylation is 2. The van der Waals surface area contributed by atoms with E-state index in [4.69, 9.17) is 4.74 Å². The quantitative estimate of drug-likeness (QED) is 0.0702. The zero-order valence-electron chi connectivity index (χ0n) is 27.1. The number of methoxy groups -OCH3 is 1. The molecule has 6 aromatic rings. The van der Waals surface area contributed by atoms with E-state index in [-0.39, 0.29) is 27.2 Å². The lowest BCUT2D eigenvalue weighted by Crippen LogP contribution is -2.00. The number of hydrogen-bond acceptors (Lipinski definition) is 12. The Morgan fingerprint density at radius 1 is 0.608 bits per heavy atom. The van der Waals surface area contributed by atoms with E-state index in [1.54, 1.807) is 55.5 Å². The zero-order chi connectivity index (χ0) is 36.7. The van der Waals surface area contributed by atoms with Gasteiger partial charge in [0, 0.05) is 22.1 Å². The van der Waals surface area contributed by atoms with Crippen LogP contribution in [0.15, 0.2) is 121 Å². The van der Waals surface area contributed by atoms with Gasteiger partial charge in [0.25, 0.3) is 20.2 Å². The lowest BCUT2D eigenvalue weighted by Gasteiger charge is -2.13. The van der Waals surface area contributed by atoms with Crippen LogP contribution in [-0.4, -0.2) is 43.3 Å². The maximum absolute atomic E-state index is 12.4. The predicted molar refractivity (Wildman–Crippen MR) is 191 cm³/mol. The molecule has 260 valence electrons. The third kappa shape index (κ3) is 7.20. The van der Waals surface area contributed by atoms with Gasteiger partial charge in [-0.05, 0) is 96.9 Å². The molecule has 0 aromatic heterocycles. The number of fused-ring (bicyclic) bond motifs is 2. The number of phenolic OH excluding ortho intramolecular Hbond substituents is 2. The van der Waals surface area contributed by atoms with E-state index in [0.717, 1.165) is 23.3 Å². The molecule has 6 aromatic carbocycles. The number of phenols is 2. The summed E-state index contributed by atoms with van der Waals surface area (Å²) in [6, 6.07) is 23.4. The molecule has 16 heteroatoms. The minimum atomic E-state index is -4.88. The Morgan fingerprint density at radius 2 is 1.12 bits per heavy atom. The van der Waals surface area contributed by atoms with E-state index < -0.39 is 52.9 Å². The first kappa shape index (κ1) is 34.9. The van der Waals surface area contributed by atoms with Crippen LogP contribution in [0.4, 0.5) is 34.1 Å². The van der Waals surface area contributed by atoms with Crippen LogP contribution < -0.4 is 10.1 Å². The van der Waals surface area contributed by atoms with Crippen molar-refractivity contribution in [1.29, 1.82) is 0 Å². The summed E-state index contributed by atoms with van der Waals surface area (Å²) < 4.78 is 74.8. The van der Waals surface area contributed by atoms with Gasteiger partial charge in [0.2, 0.25) is 0 Å². The highest BCUT2D eigenvalue weighted by Crippen LogP contribution is 2.44. The number of ether oxygens (including phenoxy) is 1.